The molecule has 0 amide bonds. The highest BCUT2D eigenvalue weighted by atomic mass is 16.5. The number of piperazine rings is 1. The summed E-state index contributed by atoms with van der Waals surface area (Å²) in [6.45, 7) is 6.39. The van der Waals surface area contributed by atoms with Crippen LogP contribution >= 0.6 is 0 Å². The number of hydrogen-bond donors (Lipinski definition) is 1. The Morgan fingerprint density at radius 2 is 1.93 bits per heavy atom. The van der Waals surface area contributed by atoms with Gasteiger partial charge in [-0.1, -0.05) is 36.4 Å². The molecule has 2 aromatic carbocycles. The molecule has 0 aliphatic carbocycles. The van der Waals surface area contributed by atoms with Crippen LogP contribution in [0.25, 0.3) is 10.8 Å². The number of benzene rings is 2. The number of aromatic nitrogens is 3. The lowest BCUT2D eigenvalue weighted by Crippen LogP contribution is -2.57. The van der Waals surface area contributed by atoms with E-state index in [0.717, 1.165) is 40.6 Å². The summed E-state index contributed by atoms with van der Waals surface area (Å²) in [4.78, 5) is 32.9. The van der Waals surface area contributed by atoms with Gasteiger partial charge in [0.2, 0.25) is 0 Å². The lowest BCUT2D eigenvalue weighted by Gasteiger charge is -2.39. The molecule has 0 unspecified atom stereocenters. The third-order valence-electron chi connectivity index (χ3n) is 8.75. The van der Waals surface area contributed by atoms with E-state index in [1.807, 2.05) is 18.2 Å². The van der Waals surface area contributed by atoms with Crippen LogP contribution < -0.4 is 19.9 Å². The van der Waals surface area contributed by atoms with Crippen LogP contribution in [0, 0.1) is 23.2 Å². The molecule has 224 valence electrons. The van der Waals surface area contributed by atoms with Crippen LogP contribution in [-0.4, -0.2) is 76.4 Å². The molecular weight excluding hydrogens is 554 g/mol. The molecule has 2 saturated heterocycles. The van der Waals surface area contributed by atoms with Crippen molar-refractivity contribution in [3.63, 3.8) is 0 Å². The summed E-state index contributed by atoms with van der Waals surface area (Å²) in [7, 11) is 0. The number of anilines is 2. The molecule has 3 aliphatic rings. The van der Waals surface area contributed by atoms with Crippen molar-refractivity contribution in [2.75, 3.05) is 49.1 Å². The zero-order valence-electron chi connectivity index (χ0n) is 24.9. The average Bonchev–Trinajstić information content (AvgIpc) is 3.90. The Hall–Kier alpha value is -4.82. The molecule has 2 aromatic heterocycles. The van der Waals surface area contributed by atoms with Crippen LogP contribution in [0.4, 0.5) is 11.5 Å². The van der Waals surface area contributed by atoms with Crippen LogP contribution in [-0.2, 0) is 19.4 Å². The maximum absolute atomic E-state index is 12.9. The van der Waals surface area contributed by atoms with Crippen molar-refractivity contribution in [1.82, 2.24) is 25.3 Å². The van der Waals surface area contributed by atoms with E-state index >= 15 is 0 Å². The number of rotatable bonds is 9. The summed E-state index contributed by atoms with van der Waals surface area (Å²) in [5.74, 6) is 0.848. The van der Waals surface area contributed by atoms with Gasteiger partial charge < -0.3 is 14.5 Å². The van der Waals surface area contributed by atoms with Crippen LogP contribution in [0.2, 0.25) is 0 Å². The largest absolute Gasteiger partial charge is 0.463 e. The van der Waals surface area contributed by atoms with Gasteiger partial charge in [0.15, 0.2) is 0 Å². The molecule has 11 heteroatoms. The first-order valence-electron chi connectivity index (χ1n) is 15.3. The molecule has 0 bridgehead atoms. The zero-order valence-corrected chi connectivity index (χ0v) is 24.9. The minimum atomic E-state index is -0.230. The topological polar surface area (TPSA) is 123 Å². The number of ether oxygens (including phenoxy) is 1. The van der Waals surface area contributed by atoms with Gasteiger partial charge in [-0.3, -0.25) is 4.98 Å². The minimum Gasteiger partial charge on any atom is -0.463 e. The maximum atomic E-state index is 12.9. The van der Waals surface area contributed by atoms with Gasteiger partial charge in [-0.15, -0.1) is 5.01 Å². The number of nitriles is 1. The Labute approximate surface area is 256 Å². The highest BCUT2D eigenvalue weighted by molar-refractivity contribution is 5.97. The Balaban J connectivity index is 1.20. The third-order valence-corrected chi connectivity index (χ3v) is 8.75. The number of nitrogens with zero attached hydrogens (tertiary/aromatic N) is 8. The molecule has 5 heterocycles. The van der Waals surface area contributed by atoms with E-state index in [0.29, 0.717) is 51.8 Å². The first-order chi connectivity index (χ1) is 21.6. The molecule has 2 atom stereocenters. The predicted molar refractivity (Wildman–Crippen MR) is 167 cm³/mol. The van der Waals surface area contributed by atoms with Crippen LogP contribution in [0.5, 0.6) is 6.01 Å². The van der Waals surface area contributed by atoms with E-state index in [1.54, 1.807) is 11.2 Å². The number of fused-ring (bicyclic) bond motifs is 2. The summed E-state index contributed by atoms with van der Waals surface area (Å²) < 4.78 is 6.17. The number of nitroso groups, excluding NO2 is 1. The van der Waals surface area contributed by atoms with E-state index in [1.165, 1.54) is 22.0 Å². The fraction of sp³-hybridized carbons (Fsp3) is 0.394. The summed E-state index contributed by atoms with van der Waals surface area (Å²) in [5.41, 5.74) is 5.47. The second-order valence-electron chi connectivity index (χ2n) is 11.6. The van der Waals surface area contributed by atoms with Crippen molar-refractivity contribution in [2.45, 2.75) is 44.9 Å². The second-order valence-corrected chi connectivity index (χ2v) is 11.6. The SMILES string of the molecule is Cc1cccc2cccc(N3CCc4c(nc(OCCc5ccccn5)nc4N4CCN([N+](=O)[C@H]5CN5)[C@@H](CC#N)C4)C3)c12. The molecular formula is C33H36N9O2+. The number of hydrogen-bond acceptors (Lipinski definition) is 9. The van der Waals surface area contributed by atoms with E-state index in [-0.39, 0.29) is 18.6 Å². The Bertz CT molecular complexity index is 1710. The fourth-order valence-electron chi connectivity index (χ4n) is 6.44. The smallest absolute Gasteiger partial charge is 0.318 e. The summed E-state index contributed by atoms with van der Waals surface area (Å²) in [6.07, 6.45) is 3.28. The Kier molecular flexibility index (Phi) is 7.66. The highest BCUT2D eigenvalue weighted by Crippen LogP contribution is 2.36. The zero-order chi connectivity index (χ0) is 30.0. The lowest BCUT2D eigenvalue weighted by atomic mass is 9.99. The van der Waals surface area contributed by atoms with Gasteiger partial charge in [0, 0.05) is 54.6 Å². The predicted octanol–water partition coefficient (Wildman–Crippen LogP) is 3.54. The van der Waals surface area contributed by atoms with Crippen molar-refractivity contribution in [2.24, 2.45) is 0 Å². The maximum Gasteiger partial charge on any atom is 0.318 e. The highest BCUT2D eigenvalue weighted by Gasteiger charge is 2.46. The van der Waals surface area contributed by atoms with Gasteiger partial charge in [0.1, 0.15) is 16.7 Å². The van der Waals surface area contributed by atoms with Crippen molar-refractivity contribution in [3.05, 3.63) is 88.2 Å². The molecule has 2 fully saturated rings. The molecule has 0 spiro atoms. The van der Waals surface area contributed by atoms with Crippen molar-refractivity contribution in [1.29, 1.82) is 5.26 Å². The van der Waals surface area contributed by atoms with Gasteiger partial charge in [0.25, 0.3) is 0 Å². The fourth-order valence-corrected chi connectivity index (χ4v) is 6.44. The van der Waals surface area contributed by atoms with Gasteiger partial charge in [0.05, 0.1) is 49.3 Å². The quantitative estimate of drug-likeness (QED) is 0.229. The van der Waals surface area contributed by atoms with Gasteiger partial charge in [-0.25, -0.2) is 5.32 Å². The van der Waals surface area contributed by atoms with Gasteiger partial charge in [-0.2, -0.15) is 15.2 Å². The van der Waals surface area contributed by atoms with Crippen molar-refractivity contribution < 1.29 is 9.61 Å². The van der Waals surface area contributed by atoms with Crippen LogP contribution in [0.3, 0.4) is 0 Å². The van der Waals surface area contributed by atoms with E-state index in [2.05, 4.69) is 69.5 Å². The van der Waals surface area contributed by atoms with Gasteiger partial charge >= 0.3 is 12.2 Å². The monoisotopic (exact) mass is 590 g/mol. The first-order valence-corrected chi connectivity index (χ1v) is 15.3. The Morgan fingerprint density at radius 1 is 1.07 bits per heavy atom. The summed E-state index contributed by atoms with van der Waals surface area (Å²) >= 11 is 0. The standard InChI is InChI=1S/C33H36N9O2/c1-23-6-4-7-24-8-5-10-29(31(23)24)39-16-12-27-28(22-39)37-33(44-19-13-25-9-2-3-15-35-25)38-32(27)40-17-18-41(26(21-40)11-14-34)42(43)30-20-36-30/h2-10,15,26,30,36H,11-13,16-22H2,1H3/q+1/t26-,30-/m0/s1. The van der Waals surface area contributed by atoms with Gasteiger partial charge in [-0.05, 0) is 42.5 Å². The summed E-state index contributed by atoms with van der Waals surface area (Å²) in [6, 6.07) is 21.2. The molecule has 4 aromatic rings. The number of pyridine rings is 1. The molecule has 0 radical (unpaired) electrons. The van der Waals surface area contributed by atoms with E-state index < -0.39 is 0 Å². The Morgan fingerprint density at radius 3 is 2.73 bits per heavy atom. The lowest BCUT2D eigenvalue weighted by molar-refractivity contribution is -0.727. The number of nitrogens with one attached hydrogen (secondary N) is 1. The molecule has 3 aliphatic heterocycles. The molecule has 1 N–H and O–H groups in total. The van der Waals surface area contributed by atoms with Crippen LogP contribution in [0.15, 0.2) is 60.8 Å². The molecule has 7 rings (SSSR count). The second kappa shape index (κ2) is 12.1. The molecule has 11 nitrogen and oxygen atoms in total. The van der Waals surface area contributed by atoms with Crippen LogP contribution in [0.1, 0.15) is 28.9 Å². The summed E-state index contributed by atoms with van der Waals surface area (Å²) in [5, 5.41) is 17.0. The number of hydrazine groups is 1. The van der Waals surface area contributed by atoms with Crippen molar-refractivity contribution in [3.8, 4) is 12.1 Å². The van der Waals surface area contributed by atoms with E-state index in [9.17, 15) is 10.2 Å². The van der Waals surface area contributed by atoms with Crippen molar-refractivity contribution >= 4 is 22.3 Å². The number of aryl methyl sites for hydroxylation is 1. The average molecular weight is 591 g/mol. The minimum absolute atomic E-state index is 0.197. The van der Waals surface area contributed by atoms with E-state index in [4.69, 9.17) is 14.7 Å². The third kappa shape index (κ3) is 5.61. The normalized spacial score (nSPS) is 19.4. The first kappa shape index (κ1) is 28.0. The molecule has 0 saturated carbocycles. The molecule has 44 heavy (non-hydrogen) atoms.